The Bertz CT molecular complexity index is 1420. The van der Waals surface area contributed by atoms with Crippen LogP contribution in [0.5, 0.6) is 0 Å². The number of carboxylic acid groups (broad SMARTS) is 1. The Morgan fingerprint density at radius 3 is 2.41 bits per heavy atom. The number of rotatable bonds is 8. The molecule has 2 saturated heterocycles. The zero-order valence-corrected chi connectivity index (χ0v) is 21.0. The molecule has 5 rings (SSSR count). The molecule has 0 unspecified atom stereocenters. The summed E-state index contributed by atoms with van der Waals surface area (Å²) in [6.07, 6.45) is 2.56. The van der Waals surface area contributed by atoms with Gasteiger partial charge in [-0.3, -0.25) is 4.90 Å². The van der Waals surface area contributed by atoms with Crippen LogP contribution in [0.3, 0.4) is 0 Å². The highest BCUT2D eigenvalue weighted by molar-refractivity contribution is 7.93. The minimum absolute atomic E-state index is 0.119. The molecule has 2 bridgehead atoms. The first-order chi connectivity index (χ1) is 17.7. The zero-order valence-electron chi connectivity index (χ0n) is 19.4. The molecular formula is C24H23F3N4O4S2. The first-order valence-corrected chi connectivity index (χ1v) is 13.9. The van der Waals surface area contributed by atoms with E-state index in [0.29, 0.717) is 24.2 Å². The molecule has 37 heavy (non-hydrogen) atoms. The Morgan fingerprint density at radius 2 is 1.78 bits per heavy atom. The van der Waals surface area contributed by atoms with Crippen LogP contribution >= 0.6 is 11.5 Å². The number of halogens is 3. The molecule has 2 aromatic carbocycles. The van der Waals surface area contributed by atoms with Gasteiger partial charge < -0.3 is 10.4 Å². The maximum Gasteiger partial charge on any atom is 0.427 e. The van der Waals surface area contributed by atoms with Crippen molar-refractivity contribution >= 4 is 39.2 Å². The predicted octanol–water partition coefficient (Wildman–Crippen LogP) is 5.17. The number of nitrogens with one attached hydrogen (secondary N) is 1. The van der Waals surface area contributed by atoms with Crippen molar-refractivity contribution in [3.05, 3.63) is 70.4 Å². The van der Waals surface area contributed by atoms with Crippen LogP contribution in [0, 0.1) is 17.5 Å². The second-order valence-corrected chi connectivity index (χ2v) is 11.4. The van der Waals surface area contributed by atoms with E-state index in [-0.39, 0.29) is 16.5 Å². The summed E-state index contributed by atoms with van der Waals surface area (Å²) in [5, 5.41) is 13.4. The van der Waals surface area contributed by atoms with Gasteiger partial charge in [0.1, 0.15) is 10.7 Å². The van der Waals surface area contributed by atoms with Crippen LogP contribution in [0.4, 0.5) is 29.5 Å². The van der Waals surface area contributed by atoms with E-state index in [4.69, 9.17) is 0 Å². The molecule has 2 aliphatic heterocycles. The number of amides is 1. The molecule has 8 nitrogen and oxygen atoms in total. The number of nitrogens with zero attached hydrogens (tertiary/aromatic N) is 3. The van der Waals surface area contributed by atoms with Crippen LogP contribution in [0.15, 0.2) is 46.7 Å². The highest BCUT2D eigenvalue weighted by Crippen LogP contribution is 2.39. The predicted molar refractivity (Wildman–Crippen MR) is 131 cm³/mol. The monoisotopic (exact) mass is 552 g/mol. The molecule has 2 N–H and O–H groups in total. The van der Waals surface area contributed by atoms with Gasteiger partial charge in [-0.05, 0) is 67.0 Å². The second-order valence-electron chi connectivity index (χ2n) is 9.01. The molecule has 0 radical (unpaired) electrons. The Labute approximate surface area is 215 Å². The molecule has 13 heteroatoms. The summed E-state index contributed by atoms with van der Waals surface area (Å²) in [5.74, 6) is -4.23. The SMILES string of the molecule is O=C(O)N(c1ccsn1)S(=O)(=O)c1ccc(NCc2c(F)cccc2CN2C3CCC2CC3)c(F)c1F. The molecule has 3 aromatic rings. The van der Waals surface area contributed by atoms with Crippen LogP contribution in [0.2, 0.25) is 0 Å². The third kappa shape index (κ3) is 4.66. The van der Waals surface area contributed by atoms with Gasteiger partial charge in [0.05, 0.1) is 5.69 Å². The number of hydrogen-bond donors (Lipinski definition) is 2. The number of hydrogen-bond acceptors (Lipinski definition) is 7. The number of fused-ring (bicyclic) bond motifs is 2. The highest BCUT2D eigenvalue weighted by Gasteiger charge is 2.39. The maximum atomic E-state index is 15.0. The van der Waals surface area contributed by atoms with Gasteiger partial charge in [-0.15, -0.1) is 4.31 Å². The molecule has 196 valence electrons. The normalized spacial score (nSPS) is 19.3. The summed E-state index contributed by atoms with van der Waals surface area (Å²) in [6, 6.07) is 8.54. The smallest absolute Gasteiger partial charge is 0.427 e. The summed E-state index contributed by atoms with van der Waals surface area (Å²) in [5.41, 5.74) is 0.667. The van der Waals surface area contributed by atoms with Gasteiger partial charge in [-0.25, -0.2) is 26.4 Å². The van der Waals surface area contributed by atoms with Gasteiger partial charge in [-0.1, -0.05) is 12.1 Å². The summed E-state index contributed by atoms with van der Waals surface area (Å²) in [7, 11) is -5.02. The van der Waals surface area contributed by atoms with Crippen LogP contribution in [-0.2, 0) is 23.1 Å². The van der Waals surface area contributed by atoms with Gasteiger partial charge >= 0.3 is 6.09 Å². The fourth-order valence-corrected chi connectivity index (χ4v) is 7.06. The van der Waals surface area contributed by atoms with E-state index >= 15 is 0 Å². The average molecular weight is 553 g/mol. The summed E-state index contributed by atoms with van der Waals surface area (Å²) < 4.78 is 74.0. The number of aromatic nitrogens is 1. The van der Waals surface area contributed by atoms with Crippen molar-refractivity contribution in [2.24, 2.45) is 0 Å². The lowest BCUT2D eigenvalue weighted by Crippen LogP contribution is -2.36. The van der Waals surface area contributed by atoms with Gasteiger partial charge in [0.15, 0.2) is 17.5 Å². The van der Waals surface area contributed by atoms with Crippen LogP contribution in [0.1, 0.15) is 36.8 Å². The number of sulfonamides is 1. The van der Waals surface area contributed by atoms with Crippen LogP contribution < -0.4 is 9.62 Å². The molecule has 0 spiro atoms. The van der Waals surface area contributed by atoms with Gasteiger partial charge in [0.2, 0.25) is 0 Å². The van der Waals surface area contributed by atoms with E-state index in [9.17, 15) is 31.5 Å². The van der Waals surface area contributed by atoms with Crippen LogP contribution in [-0.4, -0.2) is 41.0 Å². The number of benzene rings is 2. The summed E-state index contributed by atoms with van der Waals surface area (Å²) in [4.78, 5) is 12.8. The standard InChI is InChI=1S/C24H23F3N4O4S2/c25-18-3-1-2-14(13-30-15-4-5-16(30)7-6-15)17(18)12-28-19-8-9-20(23(27)22(19)26)37(34,35)31(24(32)33)21-10-11-36-29-21/h1-3,8-11,15-16,28H,4-7,12-13H2,(H,32,33). The number of anilines is 2. The molecule has 2 fully saturated rings. The summed E-state index contributed by atoms with van der Waals surface area (Å²) in [6.45, 7) is 0.396. The largest absolute Gasteiger partial charge is 0.464 e. The molecule has 1 aromatic heterocycles. The van der Waals surface area contributed by atoms with E-state index in [1.54, 1.807) is 6.07 Å². The molecule has 0 aliphatic carbocycles. The Balaban J connectivity index is 1.39. The molecule has 0 atom stereocenters. The van der Waals surface area contributed by atoms with Crippen molar-refractivity contribution in [1.82, 2.24) is 9.27 Å². The first-order valence-electron chi connectivity index (χ1n) is 11.6. The molecular weight excluding hydrogens is 529 g/mol. The Hall–Kier alpha value is -3.16. The van der Waals surface area contributed by atoms with Crippen molar-refractivity contribution in [3.8, 4) is 0 Å². The highest BCUT2D eigenvalue weighted by atomic mass is 32.2. The Morgan fingerprint density at radius 1 is 1.08 bits per heavy atom. The molecule has 1 amide bonds. The lowest BCUT2D eigenvalue weighted by molar-refractivity contribution is 0.206. The van der Waals surface area contributed by atoms with Gasteiger partial charge in [0, 0.05) is 36.1 Å². The lowest BCUT2D eigenvalue weighted by Gasteiger charge is -2.23. The molecule has 2 aliphatic rings. The van der Waals surface area contributed by atoms with E-state index in [1.807, 2.05) is 6.07 Å². The molecule has 0 saturated carbocycles. The minimum Gasteiger partial charge on any atom is -0.464 e. The third-order valence-electron chi connectivity index (χ3n) is 7.00. The first kappa shape index (κ1) is 25.5. The topological polar surface area (TPSA) is 103 Å². The van der Waals surface area contributed by atoms with E-state index in [1.165, 1.54) is 11.4 Å². The average Bonchev–Trinajstić information content (AvgIpc) is 3.59. The van der Waals surface area contributed by atoms with Crippen molar-refractivity contribution in [1.29, 1.82) is 0 Å². The quantitative estimate of drug-likeness (QED) is 0.397. The minimum atomic E-state index is -5.02. The second kappa shape index (κ2) is 9.95. The third-order valence-corrected chi connectivity index (χ3v) is 9.25. The van der Waals surface area contributed by atoms with E-state index in [0.717, 1.165) is 61.0 Å². The fourth-order valence-electron chi connectivity index (χ4n) is 5.21. The van der Waals surface area contributed by atoms with Crippen molar-refractivity contribution in [2.45, 2.75) is 55.8 Å². The van der Waals surface area contributed by atoms with E-state index in [2.05, 4.69) is 14.6 Å². The number of carbonyl (C=O) groups is 1. The van der Waals surface area contributed by atoms with Crippen molar-refractivity contribution < 1.29 is 31.5 Å². The van der Waals surface area contributed by atoms with Gasteiger partial charge in [0.25, 0.3) is 10.0 Å². The lowest BCUT2D eigenvalue weighted by atomic mass is 10.0. The zero-order chi connectivity index (χ0) is 26.3. The Kier molecular flexibility index (Phi) is 6.86. The molecule has 3 heterocycles. The van der Waals surface area contributed by atoms with Crippen molar-refractivity contribution in [2.75, 3.05) is 9.62 Å². The van der Waals surface area contributed by atoms with Crippen LogP contribution in [0.25, 0.3) is 0 Å². The van der Waals surface area contributed by atoms with E-state index < -0.39 is 44.3 Å². The summed E-state index contributed by atoms with van der Waals surface area (Å²) >= 11 is 0.796. The van der Waals surface area contributed by atoms with Gasteiger partial charge in [-0.2, -0.15) is 4.37 Å². The van der Waals surface area contributed by atoms with Crippen molar-refractivity contribution in [3.63, 3.8) is 0 Å². The fraction of sp³-hybridized carbons (Fsp3) is 0.333. The maximum absolute atomic E-state index is 15.0.